The van der Waals surface area contributed by atoms with Crippen LogP contribution in [0.4, 0.5) is 5.69 Å². The van der Waals surface area contributed by atoms with Crippen molar-refractivity contribution >= 4 is 40.7 Å². The Morgan fingerprint density at radius 2 is 1.98 bits per heavy atom. The van der Waals surface area contributed by atoms with Gasteiger partial charge >= 0.3 is 5.97 Å². The van der Waals surface area contributed by atoms with Gasteiger partial charge in [-0.05, 0) is 51.1 Å². The lowest BCUT2D eigenvalue weighted by Crippen LogP contribution is -2.40. The van der Waals surface area contributed by atoms with Gasteiger partial charge in [-0.15, -0.1) is 0 Å². The Labute approximate surface area is 242 Å². The number of ether oxygens (including phenoxy) is 2. The molecule has 1 atom stereocenters. The lowest BCUT2D eigenvalue weighted by Gasteiger charge is -2.26. The first-order chi connectivity index (χ1) is 19.7. The van der Waals surface area contributed by atoms with Crippen molar-refractivity contribution in [3.8, 4) is 17.1 Å². The van der Waals surface area contributed by atoms with Gasteiger partial charge in [0.1, 0.15) is 28.3 Å². The zero-order valence-electron chi connectivity index (χ0n) is 22.3. The molecular formula is C29H24ClN3O7S. The summed E-state index contributed by atoms with van der Waals surface area (Å²) in [6, 6.07) is 14.1. The van der Waals surface area contributed by atoms with Crippen molar-refractivity contribution in [1.82, 2.24) is 4.57 Å². The number of nitro benzene ring substituents is 1. The third-order valence-corrected chi connectivity index (χ3v) is 7.66. The Balaban J connectivity index is 1.64. The van der Waals surface area contributed by atoms with Crippen molar-refractivity contribution in [3.63, 3.8) is 0 Å². The summed E-state index contributed by atoms with van der Waals surface area (Å²) in [5, 5.41) is 11.3. The lowest BCUT2D eigenvalue weighted by molar-refractivity contribution is -0.384. The molecule has 0 N–H and O–H groups in total. The molecule has 0 radical (unpaired) electrons. The summed E-state index contributed by atoms with van der Waals surface area (Å²) in [5.41, 5.74) is 1.17. The topological polar surface area (TPSA) is 126 Å². The van der Waals surface area contributed by atoms with E-state index in [0.717, 1.165) is 11.3 Å². The smallest absolute Gasteiger partial charge is 0.338 e. The Morgan fingerprint density at radius 1 is 1.20 bits per heavy atom. The zero-order valence-corrected chi connectivity index (χ0v) is 23.8. The standard InChI is InChI=1S/C29H24ClN3O7S/c1-4-38-23-9-7-6-8-19(23)26-25(28(35)39-5-2)16(3)31-29-32(26)27(34)24(41-29)15-18-11-13-22(40-18)17-10-12-20(30)21(14-17)33(36)37/h6-15,26H,4-5H2,1-3H3/b24-15-/t26-/m0/s1. The second kappa shape index (κ2) is 11.6. The highest BCUT2D eigenvalue weighted by molar-refractivity contribution is 7.07. The van der Waals surface area contributed by atoms with E-state index in [2.05, 4.69) is 4.99 Å². The first-order valence-corrected chi connectivity index (χ1v) is 13.9. The van der Waals surface area contributed by atoms with Crippen LogP contribution in [0.3, 0.4) is 0 Å². The molecule has 12 heteroatoms. The van der Waals surface area contributed by atoms with Crippen LogP contribution in [0.2, 0.25) is 5.02 Å². The number of esters is 1. The first-order valence-electron chi connectivity index (χ1n) is 12.7. The van der Waals surface area contributed by atoms with Crippen molar-refractivity contribution in [2.75, 3.05) is 13.2 Å². The van der Waals surface area contributed by atoms with Crippen LogP contribution in [0.5, 0.6) is 5.75 Å². The minimum absolute atomic E-state index is 0.0181. The predicted octanol–water partition coefficient (Wildman–Crippen LogP) is 5.02. The van der Waals surface area contributed by atoms with Crippen LogP contribution in [0.15, 0.2) is 80.1 Å². The maximum atomic E-state index is 13.9. The van der Waals surface area contributed by atoms with E-state index in [9.17, 15) is 19.7 Å². The number of aromatic nitrogens is 1. The van der Waals surface area contributed by atoms with Crippen LogP contribution >= 0.6 is 22.9 Å². The molecule has 0 amide bonds. The molecule has 5 rings (SSSR count). The molecule has 0 spiro atoms. The molecule has 2 aromatic carbocycles. The summed E-state index contributed by atoms with van der Waals surface area (Å²) in [5.74, 6) is 0.703. The van der Waals surface area contributed by atoms with E-state index in [0.29, 0.717) is 50.0 Å². The molecule has 2 aromatic heterocycles. The van der Waals surface area contributed by atoms with Gasteiger partial charge in [-0.1, -0.05) is 41.1 Å². The number of nitrogens with zero attached hydrogens (tertiary/aromatic N) is 3. The van der Waals surface area contributed by atoms with E-state index in [4.69, 9.17) is 25.5 Å². The molecule has 210 valence electrons. The Bertz CT molecular complexity index is 1890. The number of thiazole rings is 1. The number of halogens is 1. The van der Waals surface area contributed by atoms with E-state index in [1.54, 1.807) is 44.2 Å². The first kappa shape index (κ1) is 28.1. The minimum atomic E-state index is -0.822. The number of nitro groups is 1. The summed E-state index contributed by atoms with van der Waals surface area (Å²) >= 11 is 7.09. The molecule has 0 saturated heterocycles. The van der Waals surface area contributed by atoms with Crippen LogP contribution < -0.4 is 19.6 Å². The normalized spacial score (nSPS) is 14.9. The summed E-state index contributed by atoms with van der Waals surface area (Å²) < 4.78 is 18.9. The average molecular weight is 594 g/mol. The van der Waals surface area contributed by atoms with Crippen LogP contribution in [-0.2, 0) is 9.53 Å². The third kappa shape index (κ3) is 5.33. The minimum Gasteiger partial charge on any atom is -0.494 e. The van der Waals surface area contributed by atoms with Gasteiger partial charge in [-0.2, -0.15) is 0 Å². The van der Waals surface area contributed by atoms with E-state index >= 15 is 0 Å². The molecule has 1 aliphatic rings. The number of fused-ring (bicyclic) bond motifs is 1. The van der Waals surface area contributed by atoms with Gasteiger partial charge in [0, 0.05) is 23.3 Å². The molecule has 41 heavy (non-hydrogen) atoms. The van der Waals surface area contributed by atoms with Crippen molar-refractivity contribution < 1.29 is 23.6 Å². The second-order valence-corrected chi connectivity index (χ2v) is 10.3. The molecule has 0 fully saturated rings. The monoisotopic (exact) mass is 593 g/mol. The Kier molecular flexibility index (Phi) is 7.91. The SMILES string of the molecule is CCOC(=O)C1=C(C)N=c2s/c(=C\c3ccc(-c4ccc(Cl)c([N+](=O)[O-])c4)o3)c(=O)n2[C@H]1c1ccccc1OCC. The number of hydrogen-bond acceptors (Lipinski definition) is 9. The van der Waals surface area contributed by atoms with Crippen molar-refractivity contribution in [2.24, 2.45) is 4.99 Å². The summed E-state index contributed by atoms with van der Waals surface area (Å²) in [7, 11) is 0. The Morgan fingerprint density at radius 3 is 2.71 bits per heavy atom. The fraction of sp³-hybridized carbons (Fsp3) is 0.207. The molecule has 10 nitrogen and oxygen atoms in total. The predicted molar refractivity (Wildman–Crippen MR) is 154 cm³/mol. The second-order valence-electron chi connectivity index (χ2n) is 8.90. The average Bonchev–Trinajstić information content (AvgIpc) is 3.53. The van der Waals surface area contributed by atoms with Crippen molar-refractivity contribution in [2.45, 2.75) is 26.8 Å². The van der Waals surface area contributed by atoms with Gasteiger partial charge < -0.3 is 13.9 Å². The molecule has 0 saturated carbocycles. The van der Waals surface area contributed by atoms with Gasteiger partial charge in [0.15, 0.2) is 4.80 Å². The van der Waals surface area contributed by atoms with E-state index in [1.807, 2.05) is 25.1 Å². The summed E-state index contributed by atoms with van der Waals surface area (Å²) in [4.78, 5) is 42.7. The number of rotatable bonds is 8. The molecule has 0 unspecified atom stereocenters. The number of carbonyl (C=O) groups is 1. The van der Waals surface area contributed by atoms with Crippen LogP contribution in [0, 0.1) is 10.1 Å². The molecular weight excluding hydrogens is 570 g/mol. The number of benzene rings is 2. The molecule has 0 bridgehead atoms. The largest absolute Gasteiger partial charge is 0.494 e. The summed E-state index contributed by atoms with van der Waals surface area (Å²) in [6.07, 6.45) is 1.58. The lowest BCUT2D eigenvalue weighted by atomic mass is 9.95. The number of allylic oxidation sites excluding steroid dienone is 1. The third-order valence-electron chi connectivity index (χ3n) is 6.36. The summed E-state index contributed by atoms with van der Waals surface area (Å²) in [6.45, 7) is 5.84. The molecule has 0 aliphatic carbocycles. The number of hydrogen-bond donors (Lipinski definition) is 0. The Hall–Kier alpha value is -4.48. The molecule has 4 aromatic rings. The maximum absolute atomic E-state index is 13.9. The molecule has 3 heterocycles. The number of para-hydroxylation sites is 1. The number of furan rings is 1. The number of carbonyl (C=O) groups excluding carboxylic acids is 1. The van der Waals surface area contributed by atoms with Gasteiger partial charge in [0.05, 0.1) is 33.9 Å². The maximum Gasteiger partial charge on any atom is 0.338 e. The highest BCUT2D eigenvalue weighted by Crippen LogP contribution is 2.36. The van der Waals surface area contributed by atoms with Crippen LogP contribution in [-0.4, -0.2) is 28.7 Å². The highest BCUT2D eigenvalue weighted by Gasteiger charge is 2.35. The van der Waals surface area contributed by atoms with Crippen LogP contribution in [0.25, 0.3) is 17.4 Å². The fourth-order valence-electron chi connectivity index (χ4n) is 4.60. The van der Waals surface area contributed by atoms with E-state index < -0.39 is 16.9 Å². The van der Waals surface area contributed by atoms with Crippen molar-refractivity contribution in [1.29, 1.82) is 0 Å². The van der Waals surface area contributed by atoms with Gasteiger partial charge in [-0.25, -0.2) is 9.79 Å². The van der Waals surface area contributed by atoms with Crippen molar-refractivity contribution in [3.05, 3.63) is 112 Å². The van der Waals surface area contributed by atoms with Gasteiger partial charge in [-0.3, -0.25) is 19.5 Å². The van der Waals surface area contributed by atoms with E-state index in [1.165, 1.54) is 16.7 Å². The zero-order chi connectivity index (χ0) is 29.3. The quantitative estimate of drug-likeness (QED) is 0.159. The fourth-order valence-corrected chi connectivity index (χ4v) is 5.81. The molecule has 1 aliphatic heterocycles. The van der Waals surface area contributed by atoms with Crippen LogP contribution in [0.1, 0.15) is 38.1 Å². The van der Waals surface area contributed by atoms with E-state index in [-0.39, 0.29) is 28.4 Å². The van der Waals surface area contributed by atoms with Gasteiger partial charge in [0.2, 0.25) is 0 Å². The van der Waals surface area contributed by atoms with Gasteiger partial charge in [0.25, 0.3) is 11.2 Å². The highest BCUT2D eigenvalue weighted by atomic mass is 35.5.